The van der Waals surface area contributed by atoms with Gasteiger partial charge in [-0.05, 0) is 6.07 Å². The number of nitro benzene ring substituents is 1. The zero-order valence-electron chi connectivity index (χ0n) is 9.27. The van der Waals surface area contributed by atoms with E-state index in [0.29, 0.717) is 16.8 Å². The molecule has 1 aromatic heterocycles. The van der Waals surface area contributed by atoms with E-state index in [9.17, 15) is 14.9 Å². The summed E-state index contributed by atoms with van der Waals surface area (Å²) in [7, 11) is 0. The molecular formula is C10H8ClN3O4. The van der Waals surface area contributed by atoms with Crippen molar-refractivity contribution in [3.8, 4) is 0 Å². The summed E-state index contributed by atoms with van der Waals surface area (Å²) in [6.07, 6.45) is 0. The maximum absolute atomic E-state index is 11.0. The van der Waals surface area contributed by atoms with E-state index in [-0.39, 0.29) is 23.1 Å². The number of amides is 1. The van der Waals surface area contributed by atoms with Gasteiger partial charge in [-0.15, -0.1) is 11.6 Å². The van der Waals surface area contributed by atoms with Crippen molar-refractivity contribution in [1.29, 1.82) is 0 Å². The Bertz CT molecular complexity index is 637. The van der Waals surface area contributed by atoms with Crippen molar-refractivity contribution in [1.82, 2.24) is 5.16 Å². The number of alkyl halides is 1. The molecular weight excluding hydrogens is 262 g/mol. The molecule has 18 heavy (non-hydrogen) atoms. The number of nitrogens with zero attached hydrogens (tertiary/aromatic N) is 2. The summed E-state index contributed by atoms with van der Waals surface area (Å²) < 4.78 is 4.90. The van der Waals surface area contributed by atoms with E-state index in [1.165, 1.54) is 19.1 Å². The lowest BCUT2D eigenvalue weighted by Gasteiger charge is -2.02. The molecule has 1 aromatic carbocycles. The Kier molecular flexibility index (Phi) is 3.15. The number of benzene rings is 1. The molecule has 8 heteroatoms. The minimum absolute atomic E-state index is 0.0461. The SMILES string of the molecule is CC(=O)Nc1cc([N+](=O)[O-])c2onc(CCl)c2c1. The maximum atomic E-state index is 11.0. The monoisotopic (exact) mass is 269 g/mol. The Morgan fingerprint density at radius 2 is 2.33 bits per heavy atom. The number of aromatic nitrogens is 1. The van der Waals surface area contributed by atoms with E-state index in [4.69, 9.17) is 16.1 Å². The van der Waals surface area contributed by atoms with E-state index in [1.807, 2.05) is 0 Å². The van der Waals surface area contributed by atoms with Crippen molar-refractivity contribution in [3.05, 3.63) is 27.9 Å². The first-order valence-electron chi connectivity index (χ1n) is 4.93. The van der Waals surface area contributed by atoms with Gasteiger partial charge in [0.1, 0.15) is 5.69 Å². The lowest BCUT2D eigenvalue weighted by molar-refractivity contribution is -0.383. The van der Waals surface area contributed by atoms with Crippen LogP contribution in [-0.4, -0.2) is 16.0 Å². The van der Waals surface area contributed by atoms with Crippen LogP contribution >= 0.6 is 11.6 Å². The molecule has 0 radical (unpaired) electrons. The number of carbonyl (C=O) groups excluding carboxylic acids is 1. The topological polar surface area (TPSA) is 98.3 Å². The minimum atomic E-state index is -0.600. The second kappa shape index (κ2) is 4.61. The van der Waals surface area contributed by atoms with E-state index >= 15 is 0 Å². The highest BCUT2D eigenvalue weighted by molar-refractivity contribution is 6.18. The lowest BCUT2D eigenvalue weighted by atomic mass is 10.1. The summed E-state index contributed by atoms with van der Waals surface area (Å²) in [6, 6.07) is 2.75. The number of hydrogen-bond donors (Lipinski definition) is 1. The minimum Gasteiger partial charge on any atom is -0.349 e. The molecule has 0 saturated heterocycles. The van der Waals surface area contributed by atoms with E-state index < -0.39 is 4.92 Å². The van der Waals surface area contributed by atoms with Crippen LogP contribution in [0.15, 0.2) is 16.7 Å². The summed E-state index contributed by atoms with van der Waals surface area (Å²) in [5, 5.41) is 17.5. The number of nitro groups is 1. The first-order chi connectivity index (χ1) is 8.52. The first kappa shape index (κ1) is 12.3. The van der Waals surface area contributed by atoms with Crippen molar-refractivity contribution in [2.45, 2.75) is 12.8 Å². The number of rotatable bonds is 3. The molecule has 0 aliphatic heterocycles. The third-order valence-corrected chi connectivity index (χ3v) is 2.52. The van der Waals surface area contributed by atoms with Crippen LogP contribution in [0.3, 0.4) is 0 Å². The molecule has 0 bridgehead atoms. The zero-order valence-corrected chi connectivity index (χ0v) is 10.0. The Morgan fingerprint density at radius 1 is 1.61 bits per heavy atom. The van der Waals surface area contributed by atoms with Crippen molar-refractivity contribution in [2.75, 3.05) is 5.32 Å². The maximum Gasteiger partial charge on any atom is 0.317 e. The van der Waals surface area contributed by atoms with E-state index in [1.54, 1.807) is 0 Å². The highest BCUT2D eigenvalue weighted by atomic mass is 35.5. The van der Waals surface area contributed by atoms with Crippen molar-refractivity contribution < 1.29 is 14.2 Å². The van der Waals surface area contributed by atoms with Crippen LogP contribution in [0.4, 0.5) is 11.4 Å². The molecule has 0 saturated carbocycles. The summed E-state index contributed by atoms with van der Waals surface area (Å²) in [6.45, 7) is 1.31. The fourth-order valence-corrected chi connectivity index (χ4v) is 1.77. The summed E-state index contributed by atoms with van der Waals surface area (Å²) in [5.41, 5.74) is 0.475. The average molecular weight is 270 g/mol. The van der Waals surface area contributed by atoms with E-state index in [0.717, 1.165) is 0 Å². The second-order valence-corrected chi connectivity index (χ2v) is 3.84. The molecule has 2 rings (SSSR count). The number of fused-ring (bicyclic) bond motifs is 1. The standard InChI is InChI=1S/C10H8ClN3O4/c1-5(15)12-6-2-7-8(4-11)13-18-10(7)9(3-6)14(16)17/h2-3H,4H2,1H3,(H,12,15). The second-order valence-electron chi connectivity index (χ2n) is 3.57. The zero-order chi connectivity index (χ0) is 13.3. The van der Waals surface area contributed by atoms with Gasteiger partial charge in [0.2, 0.25) is 11.5 Å². The molecule has 94 valence electrons. The molecule has 7 nitrogen and oxygen atoms in total. The highest BCUT2D eigenvalue weighted by Crippen LogP contribution is 2.32. The molecule has 1 heterocycles. The van der Waals surface area contributed by atoms with Gasteiger partial charge in [-0.1, -0.05) is 5.16 Å². The van der Waals surface area contributed by atoms with Crippen LogP contribution in [0, 0.1) is 10.1 Å². The predicted octanol–water partition coefficient (Wildman–Crippen LogP) is 2.43. The van der Waals surface area contributed by atoms with Gasteiger partial charge in [0, 0.05) is 18.7 Å². The lowest BCUT2D eigenvalue weighted by Crippen LogP contribution is -2.06. The quantitative estimate of drug-likeness (QED) is 0.524. The summed E-state index contributed by atoms with van der Waals surface area (Å²) in [5.74, 6) is -0.263. The molecule has 1 N–H and O–H groups in total. The molecule has 0 aliphatic carbocycles. The van der Waals surface area contributed by atoms with Gasteiger partial charge in [0.25, 0.3) is 0 Å². The van der Waals surface area contributed by atoms with Crippen molar-refractivity contribution in [2.24, 2.45) is 0 Å². The summed E-state index contributed by atoms with van der Waals surface area (Å²) >= 11 is 5.66. The van der Waals surface area contributed by atoms with Crippen LogP contribution in [0.25, 0.3) is 11.0 Å². The van der Waals surface area contributed by atoms with Gasteiger partial charge in [-0.25, -0.2) is 0 Å². The van der Waals surface area contributed by atoms with Crippen LogP contribution in [0.5, 0.6) is 0 Å². The van der Waals surface area contributed by atoms with Crippen LogP contribution in [0.1, 0.15) is 12.6 Å². The summed E-state index contributed by atoms with van der Waals surface area (Å²) in [4.78, 5) is 21.3. The number of anilines is 1. The Labute approximate surface area is 106 Å². The number of hydrogen-bond acceptors (Lipinski definition) is 5. The van der Waals surface area contributed by atoms with Crippen molar-refractivity contribution in [3.63, 3.8) is 0 Å². The van der Waals surface area contributed by atoms with Crippen LogP contribution in [-0.2, 0) is 10.7 Å². The highest BCUT2D eigenvalue weighted by Gasteiger charge is 2.21. The molecule has 0 atom stereocenters. The Balaban J connectivity index is 2.68. The molecule has 0 fully saturated rings. The van der Waals surface area contributed by atoms with Gasteiger partial charge in [0.15, 0.2) is 0 Å². The van der Waals surface area contributed by atoms with Crippen LogP contribution in [0.2, 0.25) is 0 Å². The van der Waals surface area contributed by atoms with Gasteiger partial charge in [0.05, 0.1) is 16.2 Å². The van der Waals surface area contributed by atoms with Gasteiger partial charge in [-0.2, -0.15) is 0 Å². The van der Waals surface area contributed by atoms with Crippen LogP contribution < -0.4 is 5.32 Å². The predicted molar refractivity (Wildman–Crippen MR) is 64.5 cm³/mol. The van der Waals surface area contributed by atoms with Crippen molar-refractivity contribution >= 4 is 39.9 Å². The van der Waals surface area contributed by atoms with Gasteiger partial charge < -0.3 is 9.84 Å². The number of non-ortho nitro benzene ring substituents is 1. The number of nitrogens with one attached hydrogen (secondary N) is 1. The molecule has 0 unspecified atom stereocenters. The first-order valence-corrected chi connectivity index (χ1v) is 5.46. The Hall–Kier alpha value is -2.15. The number of halogens is 1. The molecule has 0 spiro atoms. The third kappa shape index (κ3) is 2.12. The fraction of sp³-hybridized carbons (Fsp3) is 0.200. The van der Waals surface area contributed by atoms with E-state index in [2.05, 4.69) is 10.5 Å². The fourth-order valence-electron chi connectivity index (χ4n) is 1.58. The number of carbonyl (C=O) groups is 1. The smallest absolute Gasteiger partial charge is 0.317 e. The normalized spacial score (nSPS) is 10.6. The average Bonchev–Trinajstić information content (AvgIpc) is 2.69. The van der Waals surface area contributed by atoms with Gasteiger partial charge in [-0.3, -0.25) is 14.9 Å². The molecule has 0 aliphatic rings. The largest absolute Gasteiger partial charge is 0.349 e. The Morgan fingerprint density at radius 3 is 2.89 bits per heavy atom. The van der Waals surface area contributed by atoms with Gasteiger partial charge >= 0.3 is 5.69 Å². The molecule has 1 amide bonds. The molecule has 2 aromatic rings. The third-order valence-electron chi connectivity index (χ3n) is 2.27.